The van der Waals surface area contributed by atoms with Gasteiger partial charge in [0.2, 0.25) is 0 Å². The molecule has 1 unspecified atom stereocenters. The topological polar surface area (TPSA) is 104 Å². The van der Waals surface area contributed by atoms with Crippen LogP contribution >= 0.6 is 0 Å². The van der Waals surface area contributed by atoms with Gasteiger partial charge in [-0.3, -0.25) is 4.79 Å². The van der Waals surface area contributed by atoms with E-state index in [1.807, 2.05) is 17.7 Å². The molecule has 9 heteroatoms. The Morgan fingerprint density at radius 1 is 1.31 bits per heavy atom. The average molecular weight is 434 g/mol. The molecule has 32 heavy (non-hydrogen) atoms. The summed E-state index contributed by atoms with van der Waals surface area (Å²) >= 11 is 0. The number of methoxy groups -OCH3 is 1. The summed E-state index contributed by atoms with van der Waals surface area (Å²) in [4.78, 5) is 17.1. The summed E-state index contributed by atoms with van der Waals surface area (Å²) in [6.45, 7) is 1.89. The number of nitrogens with zero attached hydrogens (tertiary/aromatic N) is 3. The molecule has 2 heterocycles. The Kier molecular flexibility index (Phi) is 5.98. The molecular weight excluding hydrogens is 411 g/mol. The number of amides is 1. The van der Waals surface area contributed by atoms with Crippen LogP contribution in [0, 0.1) is 18.3 Å². The molecule has 1 amide bonds. The Balaban J connectivity index is 1.52. The molecule has 1 atom stereocenters. The number of nitrogens with one attached hydrogen (secondary N) is 3. The number of hydrogen-bond acceptors (Lipinski definition) is 6. The van der Waals surface area contributed by atoms with Crippen molar-refractivity contribution in [2.75, 3.05) is 7.11 Å². The van der Waals surface area contributed by atoms with Crippen LogP contribution in [0.25, 0.3) is 5.69 Å². The Morgan fingerprint density at radius 2 is 2.09 bits per heavy atom. The number of hydrogen-bond donors (Lipinski definition) is 3. The molecule has 2 aromatic carbocycles. The maximum atomic E-state index is 13.2. The molecule has 0 aliphatic carbocycles. The van der Waals surface area contributed by atoms with Gasteiger partial charge in [-0.15, -0.1) is 5.11 Å². The average Bonchev–Trinajstić information content (AvgIpc) is 3.47. The number of aryl methyl sites for hydroxylation is 1. The second kappa shape index (κ2) is 9.01. The van der Waals surface area contributed by atoms with E-state index in [1.54, 1.807) is 36.7 Å². The van der Waals surface area contributed by atoms with Gasteiger partial charge in [-0.2, -0.15) is 0 Å². The van der Waals surface area contributed by atoms with E-state index in [0.717, 1.165) is 23.4 Å². The Labute approximate surface area is 184 Å². The molecule has 164 valence electrons. The minimum Gasteiger partial charge on any atom is -0.495 e. The first-order valence-corrected chi connectivity index (χ1v) is 10.1. The van der Waals surface area contributed by atoms with E-state index in [2.05, 4.69) is 20.7 Å². The molecule has 3 aromatic rings. The lowest BCUT2D eigenvalue weighted by molar-refractivity contribution is 0.0964. The minimum absolute atomic E-state index is 0.0303. The molecule has 1 aromatic heterocycles. The van der Waals surface area contributed by atoms with Gasteiger partial charge in [0.15, 0.2) is 5.82 Å². The van der Waals surface area contributed by atoms with Crippen molar-refractivity contribution in [1.29, 1.82) is 5.53 Å². The van der Waals surface area contributed by atoms with Crippen molar-refractivity contribution in [3.05, 3.63) is 89.1 Å². The van der Waals surface area contributed by atoms with Gasteiger partial charge < -0.3 is 19.9 Å². The van der Waals surface area contributed by atoms with Gasteiger partial charge in [-0.05, 0) is 55.7 Å². The van der Waals surface area contributed by atoms with Gasteiger partial charge in [0, 0.05) is 11.8 Å². The Bertz CT molecular complexity index is 1190. The normalized spacial score (nSPS) is 16.9. The molecule has 0 radical (unpaired) electrons. The number of benzene rings is 2. The molecular formula is C23H23FN6O2. The zero-order valence-corrected chi connectivity index (χ0v) is 17.7. The van der Waals surface area contributed by atoms with Crippen molar-refractivity contribution in [2.45, 2.75) is 25.8 Å². The second-order valence-corrected chi connectivity index (χ2v) is 7.49. The van der Waals surface area contributed by atoms with Gasteiger partial charge in [0.05, 0.1) is 36.6 Å². The van der Waals surface area contributed by atoms with Crippen LogP contribution in [0.3, 0.4) is 0 Å². The summed E-state index contributed by atoms with van der Waals surface area (Å²) in [5, 5.41) is 9.51. The Morgan fingerprint density at radius 3 is 2.75 bits per heavy atom. The fraction of sp³-hybridized carbons (Fsp3) is 0.217. The number of carbonyl (C=O) groups is 1. The van der Waals surface area contributed by atoms with E-state index in [1.165, 1.54) is 19.2 Å². The number of carbonyl (C=O) groups excluding carboxylic acids is 1. The lowest BCUT2D eigenvalue weighted by atomic mass is 10.1. The predicted octanol–water partition coefficient (Wildman–Crippen LogP) is 4.38. The third-order valence-electron chi connectivity index (χ3n) is 5.37. The van der Waals surface area contributed by atoms with Crippen molar-refractivity contribution in [2.24, 2.45) is 5.11 Å². The van der Waals surface area contributed by atoms with Crippen LogP contribution in [0.1, 0.15) is 40.5 Å². The van der Waals surface area contributed by atoms with Crippen LogP contribution in [-0.4, -0.2) is 22.6 Å². The van der Waals surface area contributed by atoms with Crippen molar-refractivity contribution in [3.63, 3.8) is 0 Å². The van der Waals surface area contributed by atoms with Gasteiger partial charge in [-0.1, -0.05) is 12.1 Å². The summed E-state index contributed by atoms with van der Waals surface area (Å²) in [7, 11) is 1.54. The highest BCUT2D eigenvalue weighted by Gasteiger charge is 2.24. The summed E-state index contributed by atoms with van der Waals surface area (Å²) in [6.07, 6.45) is 4.91. The van der Waals surface area contributed by atoms with Gasteiger partial charge in [0.1, 0.15) is 11.6 Å². The van der Waals surface area contributed by atoms with E-state index < -0.39 is 5.91 Å². The first-order valence-electron chi connectivity index (χ1n) is 10.1. The summed E-state index contributed by atoms with van der Waals surface area (Å²) in [5.41, 5.74) is 11.1. The van der Waals surface area contributed by atoms with Gasteiger partial charge in [0.25, 0.3) is 5.91 Å². The largest absolute Gasteiger partial charge is 0.495 e. The molecule has 0 spiro atoms. The number of rotatable bonds is 6. The third kappa shape index (κ3) is 4.36. The number of halogens is 1. The maximum absolute atomic E-state index is 13.2. The van der Waals surface area contributed by atoms with Gasteiger partial charge in [-0.25, -0.2) is 14.9 Å². The van der Waals surface area contributed by atoms with Crippen LogP contribution < -0.4 is 15.4 Å². The molecule has 4 rings (SSSR count). The first-order chi connectivity index (χ1) is 15.5. The van der Waals surface area contributed by atoms with Gasteiger partial charge >= 0.3 is 0 Å². The smallest absolute Gasteiger partial charge is 0.257 e. The first kappa shape index (κ1) is 21.2. The number of aromatic nitrogens is 2. The van der Waals surface area contributed by atoms with Crippen LogP contribution in [0.4, 0.5) is 4.39 Å². The summed E-state index contributed by atoms with van der Waals surface area (Å²) in [5.74, 6) is -0.0150. The van der Waals surface area contributed by atoms with E-state index in [4.69, 9.17) is 10.3 Å². The molecule has 0 saturated carbocycles. The quantitative estimate of drug-likeness (QED) is 0.501. The summed E-state index contributed by atoms with van der Waals surface area (Å²) in [6, 6.07) is 11.3. The monoisotopic (exact) mass is 434 g/mol. The Hall–Kier alpha value is -4.01. The number of allylic oxidation sites excluding steroid dienone is 1. The molecule has 8 nitrogen and oxygen atoms in total. The van der Waals surface area contributed by atoms with Crippen molar-refractivity contribution < 1.29 is 13.9 Å². The zero-order valence-electron chi connectivity index (χ0n) is 17.7. The van der Waals surface area contributed by atoms with Crippen LogP contribution in [0.2, 0.25) is 0 Å². The van der Waals surface area contributed by atoms with Crippen molar-refractivity contribution in [1.82, 2.24) is 20.2 Å². The second-order valence-electron chi connectivity index (χ2n) is 7.49. The SMILES string of the molecule is COc1cc(C(=O)N/C(N=N)=C2\CCC(c3ccc(F)cc3)N2)ccc1-n1cnc(C)c1. The minimum atomic E-state index is -0.401. The lowest BCUT2D eigenvalue weighted by Gasteiger charge is -2.14. The number of ether oxygens (including phenoxy) is 1. The molecule has 1 aliphatic heterocycles. The van der Waals surface area contributed by atoms with Crippen LogP contribution in [0.15, 0.2) is 71.6 Å². The standard InChI is InChI=1S/C23H23FN6O2/c1-14-12-30(13-26-14)20-10-5-16(11-21(20)32-2)23(31)28-22(29-25)19-9-8-18(27-19)15-3-6-17(24)7-4-15/h3-7,10-13,18,25,27H,8-9H2,1-2H3,(H,28,31)/b22-19-,29-25?. The summed E-state index contributed by atoms with van der Waals surface area (Å²) < 4.78 is 20.5. The highest BCUT2D eigenvalue weighted by molar-refractivity contribution is 5.96. The van der Waals surface area contributed by atoms with Crippen LogP contribution in [-0.2, 0) is 0 Å². The third-order valence-corrected chi connectivity index (χ3v) is 5.37. The lowest BCUT2D eigenvalue weighted by Crippen LogP contribution is -2.25. The highest BCUT2D eigenvalue weighted by atomic mass is 19.1. The van der Waals surface area contributed by atoms with Crippen LogP contribution in [0.5, 0.6) is 5.75 Å². The fourth-order valence-electron chi connectivity index (χ4n) is 3.71. The number of imidazole rings is 1. The molecule has 1 aliphatic rings. The predicted molar refractivity (Wildman–Crippen MR) is 116 cm³/mol. The highest BCUT2D eigenvalue weighted by Crippen LogP contribution is 2.30. The molecule has 0 bridgehead atoms. The van der Waals surface area contributed by atoms with E-state index in [0.29, 0.717) is 23.4 Å². The van der Waals surface area contributed by atoms with Crippen molar-refractivity contribution >= 4 is 5.91 Å². The van der Waals surface area contributed by atoms with E-state index >= 15 is 0 Å². The van der Waals surface area contributed by atoms with E-state index in [-0.39, 0.29) is 17.7 Å². The zero-order chi connectivity index (χ0) is 22.7. The molecule has 1 fully saturated rings. The van der Waals surface area contributed by atoms with Crippen molar-refractivity contribution in [3.8, 4) is 11.4 Å². The molecule has 3 N–H and O–H groups in total. The maximum Gasteiger partial charge on any atom is 0.257 e. The molecule has 1 saturated heterocycles. The van der Waals surface area contributed by atoms with E-state index in [9.17, 15) is 9.18 Å². The fourth-order valence-corrected chi connectivity index (χ4v) is 3.71.